The van der Waals surface area contributed by atoms with Gasteiger partial charge in [0.25, 0.3) is 0 Å². The van der Waals surface area contributed by atoms with Crippen LogP contribution in [0.3, 0.4) is 0 Å². The van der Waals surface area contributed by atoms with Crippen LogP contribution in [0.1, 0.15) is 161 Å². The molecule has 2 aliphatic carbocycles. The van der Waals surface area contributed by atoms with Crippen LogP contribution in [-0.2, 0) is 65.6 Å². The van der Waals surface area contributed by atoms with Crippen molar-refractivity contribution in [2.24, 2.45) is 0 Å². The first-order valence-corrected chi connectivity index (χ1v) is 54.5. The minimum atomic E-state index is 0. The zero-order chi connectivity index (χ0) is 79.9. The van der Waals surface area contributed by atoms with Crippen molar-refractivity contribution in [3.63, 3.8) is 0 Å². The first-order chi connectivity index (χ1) is 53.4. The second-order valence-corrected chi connectivity index (χ2v) is 36.8. The Hall–Kier alpha value is 3.79. The molecule has 670 valence electrons. The molecule has 27 N–H and O–H groups in total. The maximum atomic E-state index is 5.56. The predicted octanol–water partition coefficient (Wildman–Crippen LogP) is -1.31. The minimum absolute atomic E-state index is 0. The standard InChI is InChI=1S/C26H56ClN8.C17H29N5.C14H33ClN6.C14H33N5.10ClH.4Mn/c27-35-16-8-5-11-24-21-34-26-13-2-1-12-25(26)31-18-17-30-22(9-3-6-14-28)19-32-23(20-33-24)10-4-7-15-29;1-2-7-17-16(6-1)20-10-8-18-12-14-4-3-5-15(22-14)13-19-9-11-21-17;15-13-20-3-1-2-14-12-19-9-8-17-5-4-16-6-7-18-10-11-21-14;1-11-13(3)18-9-10-19-14(4)12(2)17-8-6-15-5-7-16-11;;;;;;;;;;;;;;/h22-26,30-34H,1-21,28-29H2;3-5,16-21H,1-2,6-13H2;13-14,16-19,21H,1-12,20H2;11-19H,5-10H2,1-4H3;10*1H;;;;/q-1;;;;;;;;;;;;;;4*+2/p-8/t22-,23+,24-,25+,26+;16-,17-;14-;11-,12-,13-,14-;;;;;;;;;;;;;;/m0101............../s1. The number of fused-ring (bicyclic) bond motifs is 4. The third kappa shape index (κ3) is 74.9. The SMILES string of the molecule is C[C@H]1NCCNCCN[C@H](C)[C@@H](C)NCCN[C@@H]1C.Cl[CH-][NH2+]CCC[C@H]1CNCCNCCNCCNCCN1.[Cl-].[Cl-].[Cl][Mn][Cl].[Cl][Mn][Cl].[Cl][Mn][Cl].[Cl][Mn][Cl].[NH3+]CCCC[C@@H]1CN[C@@H](CCCC[N-]Cl)CN[C@@H]2CCCC[C@H]2NCCN[C@@H](CCCC[NH3+])CN1.c1cc2nc(c1)CNCCN[C@@H]1CCCC[C@H]1NCCNC2. The van der Waals surface area contributed by atoms with E-state index in [1.54, 1.807) is 6.00 Å². The first kappa shape index (κ1) is 119. The summed E-state index contributed by atoms with van der Waals surface area (Å²) in [6.07, 6.45) is 23.7. The number of hydrogen-bond acceptors (Lipinski definition) is 20. The van der Waals surface area contributed by atoms with Crippen LogP contribution in [0.15, 0.2) is 18.2 Å². The molecule has 0 radical (unpaired) electrons. The molecule has 0 amide bonds. The van der Waals surface area contributed by atoms with E-state index in [4.69, 9.17) is 109 Å². The number of nitrogens with zero attached hydrogens (tertiary/aromatic N) is 2. The Kier molecular flexibility index (Phi) is 99.6. The van der Waals surface area contributed by atoms with Crippen LogP contribution >= 0.6 is 104 Å². The molecule has 4 aliphatic heterocycles. The molecule has 2 bridgehead atoms. The fourth-order valence-electron chi connectivity index (χ4n) is 13.6. The Morgan fingerprint density at radius 1 is 0.387 bits per heavy atom. The van der Waals surface area contributed by atoms with Gasteiger partial charge in [-0.05, 0) is 123 Å². The summed E-state index contributed by atoms with van der Waals surface area (Å²) in [5.41, 5.74) is 10.3. The van der Waals surface area contributed by atoms with Crippen LogP contribution < -0.4 is 143 Å². The number of aromatic nitrogens is 1. The van der Waals surface area contributed by atoms with Crippen LogP contribution in [0, 0.1) is 6.00 Å². The van der Waals surface area contributed by atoms with Gasteiger partial charge >= 0.3 is 133 Å². The van der Waals surface area contributed by atoms with Gasteiger partial charge in [0.2, 0.25) is 0 Å². The Labute approximate surface area is 755 Å². The maximum absolute atomic E-state index is 5.56. The van der Waals surface area contributed by atoms with E-state index in [-0.39, 0.29) is 77.3 Å². The third-order valence-corrected chi connectivity index (χ3v) is 20.5. The molecule has 40 heteroatoms. The van der Waals surface area contributed by atoms with Gasteiger partial charge in [-0.2, -0.15) is 0 Å². The van der Waals surface area contributed by atoms with Gasteiger partial charge in [0.05, 0.1) is 31.0 Å². The van der Waals surface area contributed by atoms with Crippen LogP contribution in [0.25, 0.3) is 4.84 Å². The molecule has 111 heavy (non-hydrogen) atoms. The maximum Gasteiger partial charge on any atom is 0.0739 e. The quantitative estimate of drug-likeness (QED) is 0.0351. The summed E-state index contributed by atoms with van der Waals surface area (Å²) in [6.45, 7) is 39.2. The zero-order valence-corrected chi connectivity index (χ0v) is 81.1. The topological polar surface area (TPSA) is 327 Å². The summed E-state index contributed by atoms with van der Waals surface area (Å²) in [5.74, 6) is 0. The van der Waals surface area contributed by atoms with E-state index < -0.39 is 0 Å². The molecule has 1 aromatic rings. The number of nitrogens with one attached hydrogen (secondary N) is 19. The molecule has 1 aromatic heterocycles. The van der Waals surface area contributed by atoms with E-state index >= 15 is 0 Å². The normalized spacial score (nSPS) is 26.6. The van der Waals surface area contributed by atoms with E-state index in [1.807, 2.05) is 5.32 Å². The minimum Gasteiger partial charge on any atom is -0.575 e. The van der Waals surface area contributed by atoms with Crippen molar-refractivity contribution in [1.82, 2.24) is 106 Å². The Balaban J connectivity index is -0.00000136. The molecule has 6 aliphatic rings. The smallest absolute Gasteiger partial charge is 0.0739 e. The number of unbranched alkanes of at least 4 members (excludes halogenated alkanes) is 3. The summed E-state index contributed by atoms with van der Waals surface area (Å²) in [7, 11) is 38.4. The molecule has 2 saturated carbocycles. The zero-order valence-electron chi connectivity index (χ0n) is 67.3. The predicted molar refractivity (Wildman–Crippen MR) is 457 cm³/mol. The summed E-state index contributed by atoms with van der Waals surface area (Å²) in [5, 5.41) is 71.3. The van der Waals surface area contributed by atoms with E-state index in [9.17, 15) is 0 Å². The molecular weight excluding hydrogens is 1830 g/mol. The molecule has 5 heterocycles. The summed E-state index contributed by atoms with van der Waals surface area (Å²) in [4.78, 5) is 8.47. The molecule has 24 nitrogen and oxygen atoms in total. The number of halogens is 12. The Morgan fingerprint density at radius 2 is 0.685 bits per heavy atom. The number of quaternary nitrogens is 3. The van der Waals surface area contributed by atoms with Gasteiger partial charge in [-0.15, -0.1) is 6.54 Å². The van der Waals surface area contributed by atoms with E-state index in [1.165, 1.54) is 116 Å². The molecular formula is C71H153Cl12Mn4N24-. The van der Waals surface area contributed by atoms with Gasteiger partial charge in [0.15, 0.2) is 0 Å². The number of rotatable bonds is 18. The second kappa shape index (κ2) is 93.0. The van der Waals surface area contributed by atoms with Gasteiger partial charge in [0, 0.05) is 243 Å². The molecule has 5 fully saturated rings. The van der Waals surface area contributed by atoms with Gasteiger partial charge in [0.1, 0.15) is 0 Å². The first-order valence-electron chi connectivity index (χ1n) is 40.7. The van der Waals surface area contributed by atoms with Crippen LogP contribution in [0.4, 0.5) is 0 Å². The molecule has 0 unspecified atom stereocenters. The van der Waals surface area contributed by atoms with Crippen molar-refractivity contribution in [2.75, 3.05) is 183 Å². The molecule has 0 aromatic carbocycles. The summed E-state index contributed by atoms with van der Waals surface area (Å²) < 4.78 is 0. The van der Waals surface area contributed by atoms with Crippen molar-refractivity contribution < 1.29 is 94.1 Å². The van der Waals surface area contributed by atoms with Gasteiger partial charge in [-0.1, -0.05) is 50.6 Å². The van der Waals surface area contributed by atoms with E-state index in [2.05, 4.69) is 163 Å². The fourth-order valence-corrected chi connectivity index (χ4v) is 13.9. The number of hydrogen-bond donors (Lipinski definition) is 22. The van der Waals surface area contributed by atoms with Crippen LogP contribution in [0.2, 0.25) is 0 Å². The van der Waals surface area contributed by atoms with Crippen molar-refractivity contribution in [3.8, 4) is 0 Å². The Bertz CT molecular complexity index is 1930. The average molecular weight is 1990 g/mol. The van der Waals surface area contributed by atoms with Crippen molar-refractivity contribution >= 4 is 104 Å². The molecule has 3 saturated heterocycles. The molecule has 7 rings (SSSR count). The number of nitrogens with two attached hydrogens (primary N) is 1. The summed E-state index contributed by atoms with van der Waals surface area (Å²) >= 11 is 11.1. The molecule has 0 spiro atoms. The molecule has 12 atom stereocenters. The van der Waals surface area contributed by atoms with Gasteiger partial charge in [-0.3, -0.25) is 28.4 Å². The fraction of sp³-hybridized carbons (Fsp3) is 0.915. The van der Waals surface area contributed by atoms with Gasteiger partial charge in [-0.25, -0.2) is 0 Å². The second-order valence-electron chi connectivity index (χ2n) is 28.5. The van der Waals surface area contributed by atoms with Crippen LogP contribution in [-0.4, -0.2) is 261 Å². The third-order valence-electron chi connectivity index (χ3n) is 20.1. The summed E-state index contributed by atoms with van der Waals surface area (Å²) in [6, 6.07) is 14.4. The van der Waals surface area contributed by atoms with Crippen LogP contribution in [0.5, 0.6) is 0 Å². The number of pyridine rings is 1. The Morgan fingerprint density at radius 3 is 1.08 bits per heavy atom. The average Bonchev–Trinajstić information content (AvgIpc) is 1.90. The largest absolute Gasteiger partial charge is 0.575 e. The van der Waals surface area contributed by atoms with E-state index in [0.29, 0.717) is 72.5 Å². The monoisotopic (exact) mass is 1980 g/mol. The van der Waals surface area contributed by atoms with E-state index in [0.717, 1.165) is 214 Å². The van der Waals surface area contributed by atoms with Crippen molar-refractivity contribution in [2.45, 2.75) is 235 Å². The van der Waals surface area contributed by atoms with Crippen molar-refractivity contribution in [3.05, 3.63) is 40.4 Å². The van der Waals surface area contributed by atoms with Crippen molar-refractivity contribution in [1.29, 1.82) is 0 Å². The van der Waals surface area contributed by atoms with Gasteiger partial charge < -0.3 is 147 Å².